The highest BCUT2D eigenvalue weighted by Crippen LogP contribution is 1.79. The number of β-amino-alcohol motifs (C(OH)–C–C–N with tert-alkyl or cyclic N) is 1. The Hall–Kier alpha value is -0.810. The minimum absolute atomic E-state index is 0.299. The second-order valence-corrected chi connectivity index (χ2v) is 1.87. The summed E-state index contributed by atoms with van der Waals surface area (Å²) in [4.78, 5) is 10.4. The van der Waals surface area contributed by atoms with Crippen LogP contribution in [0.1, 0.15) is 0 Å². The molecule has 5 nitrogen and oxygen atoms in total. The minimum Gasteiger partial charge on any atom is -0.390 e. The maximum Gasteiger partial charge on any atom is 0.329 e. The third kappa shape index (κ3) is 1.87. The normalized spacial score (nSPS) is 28.1. The third-order valence-corrected chi connectivity index (χ3v) is 1.04. The number of hydrogen-bond acceptors (Lipinski definition) is 3. The molecule has 1 rings (SSSR count). The van der Waals surface area contributed by atoms with Crippen LogP contribution in [0.5, 0.6) is 0 Å². The van der Waals surface area contributed by atoms with Crippen LogP contribution in [0.3, 0.4) is 0 Å². The number of amides is 2. The molecule has 0 aromatic rings. The van der Waals surface area contributed by atoms with Gasteiger partial charge >= 0.3 is 6.03 Å². The highest BCUT2D eigenvalue weighted by atomic mass is 16.3. The van der Waals surface area contributed by atoms with E-state index in [4.69, 9.17) is 5.11 Å². The van der Waals surface area contributed by atoms with Crippen LogP contribution < -0.4 is 16.2 Å². The molecule has 1 heterocycles. The summed E-state index contributed by atoms with van der Waals surface area (Å²) in [5.74, 6) is 0. The molecular weight excluding hydrogens is 122 g/mol. The average molecular weight is 131 g/mol. The quantitative estimate of drug-likeness (QED) is 0.312. The lowest BCUT2D eigenvalue weighted by atomic mass is 10.4. The number of aliphatic hydroxyl groups is 1. The van der Waals surface area contributed by atoms with Crippen molar-refractivity contribution in [1.82, 2.24) is 16.2 Å². The number of nitrogens with one attached hydrogen (secondary N) is 3. The van der Waals surface area contributed by atoms with Gasteiger partial charge in [0, 0.05) is 13.1 Å². The molecule has 0 radical (unpaired) electrons. The fraction of sp³-hybridized carbons (Fsp3) is 0.750. The molecule has 0 spiro atoms. The Kier molecular flexibility index (Phi) is 1.86. The van der Waals surface area contributed by atoms with Crippen molar-refractivity contribution >= 4 is 6.03 Å². The fourth-order valence-electron chi connectivity index (χ4n) is 0.576. The molecule has 4 N–H and O–H groups in total. The van der Waals surface area contributed by atoms with Gasteiger partial charge < -0.3 is 10.4 Å². The number of rotatable bonds is 0. The van der Waals surface area contributed by atoms with Crippen LogP contribution in [-0.4, -0.2) is 30.3 Å². The van der Waals surface area contributed by atoms with Crippen LogP contribution in [0.15, 0.2) is 0 Å². The number of urea groups is 1. The minimum atomic E-state index is -0.496. The molecule has 0 aliphatic carbocycles. The van der Waals surface area contributed by atoms with Crippen molar-refractivity contribution in [2.45, 2.75) is 6.10 Å². The maximum absolute atomic E-state index is 10.4. The number of aliphatic hydroxyl groups excluding tert-OH is 1. The van der Waals surface area contributed by atoms with Crippen LogP contribution in [0.4, 0.5) is 4.79 Å². The van der Waals surface area contributed by atoms with Crippen molar-refractivity contribution in [2.24, 2.45) is 0 Å². The predicted molar refractivity (Wildman–Crippen MR) is 30.5 cm³/mol. The molecule has 1 saturated heterocycles. The lowest BCUT2D eigenvalue weighted by molar-refractivity contribution is 0.177. The Balaban J connectivity index is 2.34. The second-order valence-electron chi connectivity index (χ2n) is 1.87. The van der Waals surface area contributed by atoms with E-state index in [0.29, 0.717) is 13.1 Å². The molecule has 0 aromatic heterocycles. The summed E-state index contributed by atoms with van der Waals surface area (Å²) in [6.07, 6.45) is -0.496. The number of hydrazine groups is 1. The van der Waals surface area contributed by atoms with E-state index in [2.05, 4.69) is 16.2 Å². The molecule has 52 valence electrons. The zero-order chi connectivity index (χ0) is 6.69. The largest absolute Gasteiger partial charge is 0.390 e. The van der Waals surface area contributed by atoms with Crippen LogP contribution in [0.25, 0.3) is 0 Å². The molecule has 0 aromatic carbocycles. The smallest absolute Gasteiger partial charge is 0.329 e. The Morgan fingerprint density at radius 3 is 3.11 bits per heavy atom. The average Bonchev–Trinajstić information content (AvgIpc) is 1.97. The van der Waals surface area contributed by atoms with Crippen molar-refractivity contribution in [2.75, 3.05) is 13.1 Å². The highest BCUT2D eigenvalue weighted by Gasteiger charge is 2.10. The molecule has 0 bridgehead atoms. The summed E-state index contributed by atoms with van der Waals surface area (Å²) in [5.41, 5.74) is 4.85. The summed E-state index contributed by atoms with van der Waals surface area (Å²) in [5, 5.41) is 11.3. The maximum atomic E-state index is 10.4. The number of carbonyl (C=O) groups is 1. The standard InChI is InChI=1S/C4H9N3O2/c8-3-1-5-4(9)7-6-2-3/h3,6,8H,1-2H2,(H2,5,7,9). The molecule has 1 unspecified atom stereocenters. The molecule has 2 amide bonds. The van der Waals surface area contributed by atoms with Crippen molar-refractivity contribution in [1.29, 1.82) is 0 Å². The molecular formula is C4H9N3O2. The molecule has 1 fully saturated rings. The van der Waals surface area contributed by atoms with Gasteiger partial charge in [-0.3, -0.25) is 5.43 Å². The van der Waals surface area contributed by atoms with Gasteiger partial charge in [-0.05, 0) is 0 Å². The molecule has 1 atom stereocenters. The van der Waals surface area contributed by atoms with E-state index in [1.807, 2.05) is 0 Å². The number of hydrogen-bond donors (Lipinski definition) is 4. The van der Waals surface area contributed by atoms with Crippen LogP contribution in [0, 0.1) is 0 Å². The first kappa shape index (κ1) is 6.31. The Bertz CT molecular complexity index is 116. The van der Waals surface area contributed by atoms with Gasteiger partial charge in [0.1, 0.15) is 0 Å². The third-order valence-electron chi connectivity index (χ3n) is 1.04. The van der Waals surface area contributed by atoms with Gasteiger partial charge in [0.2, 0.25) is 0 Å². The molecule has 0 saturated carbocycles. The van der Waals surface area contributed by atoms with E-state index in [1.54, 1.807) is 0 Å². The monoisotopic (exact) mass is 131 g/mol. The van der Waals surface area contributed by atoms with Gasteiger partial charge in [-0.25, -0.2) is 10.2 Å². The first-order valence-electron chi connectivity index (χ1n) is 2.74. The molecule has 1 aliphatic heterocycles. The topological polar surface area (TPSA) is 73.4 Å². The van der Waals surface area contributed by atoms with Crippen molar-refractivity contribution in [3.63, 3.8) is 0 Å². The Morgan fingerprint density at radius 2 is 2.33 bits per heavy atom. The summed E-state index contributed by atoms with van der Waals surface area (Å²) in [6, 6.07) is -0.299. The van der Waals surface area contributed by atoms with Gasteiger partial charge in [-0.2, -0.15) is 0 Å². The summed E-state index contributed by atoms with van der Waals surface area (Å²) in [6.45, 7) is 0.692. The van der Waals surface area contributed by atoms with Crippen molar-refractivity contribution in [3.05, 3.63) is 0 Å². The van der Waals surface area contributed by atoms with Gasteiger partial charge in [-0.15, -0.1) is 0 Å². The van der Waals surface area contributed by atoms with E-state index in [-0.39, 0.29) is 6.03 Å². The molecule has 1 aliphatic rings. The van der Waals surface area contributed by atoms with Gasteiger partial charge in [-0.1, -0.05) is 0 Å². The van der Waals surface area contributed by atoms with Gasteiger partial charge in [0.05, 0.1) is 6.10 Å². The van der Waals surface area contributed by atoms with Crippen LogP contribution >= 0.6 is 0 Å². The van der Waals surface area contributed by atoms with Crippen LogP contribution in [-0.2, 0) is 0 Å². The van der Waals surface area contributed by atoms with Gasteiger partial charge in [0.25, 0.3) is 0 Å². The van der Waals surface area contributed by atoms with Crippen molar-refractivity contribution < 1.29 is 9.90 Å². The van der Waals surface area contributed by atoms with E-state index < -0.39 is 6.10 Å². The summed E-state index contributed by atoms with van der Waals surface area (Å²) in [7, 11) is 0. The first-order valence-corrected chi connectivity index (χ1v) is 2.74. The van der Waals surface area contributed by atoms with E-state index in [0.717, 1.165) is 0 Å². The lowest BCUT2D eigenvalue weighted by Crippen LogP contribution is -2.40. The van der Waals surface area contributed by atoms with Gasteiger partial charge in [0.15, 0.2) is 0 Å². The summed E-state index contributed by atoms with van der Waals surface area (Å²) < 4.78 is 0. The summed E-state index contributed by atoms with van der Waals surface area (Å²) >= 11 is 0. The number of carbonyl (C=O) groups excluding carboxylic acids is 1. The van der Waals surface area contributed by atoms with E-state index >= 15 is 0 Å². The highest BCUT2D eigenvalue weighted by molar-refractivity contribution is 5.73. The zero-order valence-corrected chi connectivity index (χ0v) is 4.85. The fourth-order valence-corrected chi connectivity index (χ4v) is 0.576. The second kappa shape index (κ2) is 2.65. The predicted octanol–water partition coefficient (Wildman–Crippen LogP) is -1.84. The van der Waals surface area contributed by atoms with Crippen molar-refractivity contribution in [3.8, 4) is 0 Å². The first-order chi connectivity index (χ1) is 4.29. The van der Waals surface area contributed by atoms with E-state index in [9.17, 15) is 4.79 Å². The molecule has 9 heavy (non-hydrogen) atoms. The molecule has 5 heteroatoms. The van der Waals surface area contributed by atoms with Crippen LogP contribution in [0.2, 0.25) is 0 Å². The van der Waals surface area contributed by atoms with E-state index in [1.165, 1.54) is 0 Å². The zero-order valence-electron chi connectivity index (χ0n) is 4.85. The Labute approximate surface area is 52.4 Å². The SMILES string of the molecule is O=C1NCC(O)CNN1. The lowest BCUT2D eigenvalue weighted by Gasteiger charge is -2.02. The Morgan fingerprint density at radius 1 is 1.56 bits per heavy atom.